The molecule has 3 heterocycles. The number of ether oxygens (including phenoxy) is 1. The molecule has 1 unspecified atom stereocenters. The van der Waals surface area contributed by atoms with Crippen LogP contribution in [-0.2, 0) is 16.1 Å². The fourth-order valence-electron chi connectivity index (χ4n) is 3.59. The average molecular weight is 408 g/mol. The Morgan fingerprint density at radius 3 is 3.00 bits per heavy atom. The number of benzene rings is 1. The molecule has 1 fully saturated rings. The number of amides is 1. The van der Waals surface area contributed by atoms with Gasteiger partial charge in [-0.3, -0.25) is 14.5 Å². The zero-order valence-electron chi connectivity index (χ0n) is 16.6. The van der Waals surface area contributed by atoms with Crippen LogP contribution in [0.2, 0.25) is 0 Å². The normalized spacial score (nSPS) is 20.0. The number of hydrogen-bond acceptors (Lipinski definition) is 7. The van der Waals surface area contributed by atoms with Crippen molar-refractivity contribution in [3.05, 3.63) is 40.4 Å². The predicted octanol–water partition coefficient (Wildman–Crippen LogP) is 1.21. The van der Waals surface area contributed by atoms with E-state index in [2.05, 4.69) is 36.3 Å². The molecule has 0 bridgehead atoms. The van der Waals surface area contributed by atoms with Crippen molar-refractivity contribution < 1.29 is 9.53 Å². The Morgan fingerprint density at radius 1 is 1.37 bits per heavy atom. The van der Waals surface area contributed by atoms with Crippen LogP contribution < -0.4 is 10.9 Å². The van der Waals surface area contributed by atoms with Crippen LogP contribution in [-0.4, -0.2) is 58.8 Å². The quantitative estimate of drug-likeness (QED) is 0.638. The Bertz CT molecular complexity index is 1050. The van der Waals surface area contributed by atoms with Crippen molar-refractivity contribution >= 4 is 16.8 Å². The van der Waals surface area contributed by atoms with Crippen molar-refractivity contribution in [2.75, 3.05) is 26.2 Å². The summed E-state index contributed by atoms with van der Waals surface area (Å²) >= 11 is 0. The molecule has 1 amide bonds. The number of fused-ring (bicyclic) bond motifs is 1. The topological polar surface area (TPSA) is 112 Å². The smallest absolute Gasteiger partial charge is 0.258 e. The van der Waals surface area contributed by atoms with E-state index in [-0.39, 0.29) is 11.5 Å². The summed E-state index contributed by atoms with van der Waals surface area (Å²) in [6, 6.07) is 7.23. The van der Waals surface area contributed by atoms with Gasteiger partial charge in [-0.15, -0.1) is 12.3 Å². The van der Waals surface area contributed by atoms with E-state index < -0.39 is 11.8 Å². The van der Waals surface area contributed by atoms with Gasteiger partial charge in [0, 0.05) is 38.9 Å². The number of carbonyl (C=O) groups excluding carboxylic acids is 1. The molecule has 156 valence electrons. The zero-order chi connectivity index (χ0) is 21.0. The fraction of sp³-hybridized carbons (Fsp3) is 0.476. The first-order valence-corrected chi connectivity index (χ1v) is 10.1. The first-order chi connectivity index (χ1) is 14.6. The summed E-state index contributed by atoms with van der Waals surface area (Å²) in [5.74, 6) is 3.01. The third kappa shape index (κ3) is 4.72. The van der Waals surface area contributed by atoms with Gasteiger partial charge in [0.1, 0.15) is 11.9 Å². The lowest BCUT2D eigenvalue weighted by Gasteiger charge is -2.31. The molecule has 1 saturated heterocycles. The van der Waals surface area contributed by atoms with Gasteiger partial charge in [-0.1, -0.05) is 12.1 Å². The molecule has 2 N–H and O–H groups in total. The second-order valence-electron chi connectivity index (χ2n) is 7.55. The van der Waals surface area contributed by atoms with Gasteiger partial charge in [0.15, 0.2) is 5.66 Å². The molecule has 2 aliphatic heterocycles. The molecule has 0 radical (unpaired) electrons. The monoisotopic (exact) mass is 408 g/mol. The summed E-state index contributed by atoms with van der Waals surface area (Å²) in [6.07, 6.45) is 6.69. The van der Waals surface area contributed by atoms with E-state index in [1.807, 2.05) is 18.2 Å². The zero-order valence-corrected chi connectivity index (χ0v) is 16.6. The van der Waals surface area contributed by atoms with Crippen molar-refractivity contribution in [2.24, 2.45) is 10.2 Å². The standard InChI is InChI=1S/C21H24N6O3/c1-2-3-8-21(25-26-21)9-10-22-20(29)17-13-27(11-12-30-17)14-18-23-16-7-5-4-6-15(16)19(28)24-18/h1,4-7,17H,3,8-14H2,(H,22,29)(H,23,24,28). The lowest BCUT2D eigenvalue weighted by Crippen LogP contribution is -2.50. The molecule has 9 heteroatoms. The van der Waals surface area contributed by atoms with Crippen LogP contribution in [0.1, 0.15) is 25.1 Å². The second kappa shape index (κ2) is 8.73. The van der Waals surface area contributed by atoms with Crippen LogP contribution in [0.15, 0.2) is 39.3 Å². The number of para-hydroxylation sites is 1. The molecule has 0 spiro atoms. The summed E-state index contributed by atoms with van der Waals surface area (Å²) in [7, 11) is 0. The highest BCUT2D eigenvalue weighted by Gasteiger charge is 2.39. The van der Waals surface area contributed by atoms with Gasteiger partial charge in [0.25, 0.3) is 5.56 Å². The van der Waals surface area contributed by atoms with Crippen molar-refractivity contribution in [1.29, 1.82) is 0 Å². The number of aromatic nitrogens is 2. The van der Waals surface area contributed by atoms with Crippen LogP contribution in [0.5, 0.6) is 0 Å². The predicted molar refractivity (Wildman–Crippen MR) is 111 cm³/mol. The molecule has 30 heavy (non-hydrogen) atoms. The van der Waals surface area contributed by atoms with E-state index in [1.54, 1.807) is 6.07 Å². The third-order valence-electron chi connectivity index (χ3n) is 5.36. The van der Waals surface area contributed by atoms with Crippen molar-refractivity contribution in [1.82, 2.24) is 20.2 Å². The SMILES string of the molecule is C#CCCC1(CCNC(=O)C2CN(Cc3nc4ccccc4c(=O)[nH]3)CCO2)N=N1. The summed E-state index contributed by atoms with van der Waals surface area (Å²) in [5.41, 5.74) is 0.0912. The van der Waals surface area contributed by atoms with Gasteiger partial charge in [-0.05, 0) is 12.1 Å². The number of nitrogens with zero attached hydrogens (tertiary/aromatic N) is 4. The Morgan fingerprint density at radius 2 is 2.20 bits per heavy atom. The van der Waals surface area contributed by atoms with Crippen LogP contribution in [0.4, 0.5) is 0 Å². The van der Waals surface area contributed by atoms with Crippen molar-refractivity contribution in [3.8, 4) is 12.3 Å². The molecule has 2 aromatic rings. The van der Waals surface area contributed by atoms with Crippen LogP contribution >= 0.6 is 0 Å². The van der Waals surface area contributed by atoms with Gasteiger partial charge < -0.3 is 15.0 Å². The van der Waals surface area contributed by atoms with Gasteiger partial charge in [-0.25, -0.2) is 4.98 Å². The Balaban J connectivity index is 1.29. The maximum Gasteiger partial charge on any atom is 0.258 e. The largest absolute Gasteiger partial charge is 0.366 e. The second-order valence-corrected chi connectivity index (χ2v) is 7.55. The molecule has 1 atom stereocenters. The number of hydrogen-bond donors (Lipinski definition) is 2. The number of carbonyl (C=O) groups is 1. The van der Waals surface area contributed by atoms with Gasteiger partial charge in [-0.2, -0.15) is 10.2 Å². The Hall–Kier alpha value is -3.09. The highest BCUT2D eigenvalue weighted by atomic mass is 16.5. The number of H-pyrrole nitrogens is 1. The Kier molecular flexibility index (Phi) is 5.88. The average Bonchev–Trinajstić information content (AvgIpc) is 3.52. The summed E-state index contributed by atoms with van der Waals surface area (Å²) in [5, 5.41) is 11.6. The van der Waals surface area contributed by atoms with E-state index in [4.69, 9.17) is 11.2 Å². The molecule has 2 aliphatic rings. The molecular weight excluding hydrogens is 384 g/mol. The van der Waals surface area contributed by atoms with Crippen LogP contribution in [0, 0.1) is 12.3 Å². The van der Waals surface area contributed by atoms with E-state index in [1.165, 1.54) is 0 Å². The van der Waals surface area contributed by atoms with E-state index >= 15 is 0 Å². The minimum absolute atomic E-state index is 0.159. The van der Waals surface area contributed by atoms with Gasteiger partial charge >= 0.3 is 0 Å². The number of terminal acetylenes is 1. The molecule has 0 aliphatic carbocycles. The first-order valence-electron chi connectivity index (χ1n) is 10.1. The summed E-state index contributed by atoms with van der Waals surface area (Å²) < 4.78 is 5.65. The number of aromatic amines is 1. The van der Waals surface area contributed by atoms with Crippen molar-refractivity contribution in [2.45, 2.75) is 37.6 Å². The highest BCUT2D eigenvalue weighted by Crippen LogP contribution is 2.36. The summed E-state index contributed by atoms with van der Waals surface area (Å²) in [4.78, 5) is 34.2. The maximum atomic E-state index is 12.5. The molecule has 0 saturated carbocycles. The summed E-state index contributed by atoms with van der Waals surface area (Å²) in [6.45, 7) is 2.44. The lowest BCUT2D eigenvalue weighted by atomic mass is 10.0. The van der Waals surface area contributed by atoms with E-state index in [0.717, 1.165) is 0 Å². The van der Waals surface area contributed by atoms with E-state index in [9.17, 15) is 9.59 Å². The molecule has 1 aromatic carbocycles. The van der Waals surface area contributed by atoms with Crippen LogP contribution in [0.25, 0.3) is 10.9 Å². The van der Waals surface area contributed by atoms with Gasteiger partial charge in [0.2, 0.25) is 5.91 Å². The fourth-order valence-corrected chi connectivity index (χ4v) is 3.59. The maximum absolute atomic E-state index is 12.5. The first kappa shape index (κ1) is 20.2. The molecule has 4 rings (SSSR count). The minimum atomic E-state index is -0.569. The molecule has 1 aromatic heterocycles. The highest BCUT2D eigenvalue weighted by molar-refractivity contribution is 5.81. The van der Waals surface area contributed by atoms with Gasteiger partial charge in [0.05, 0.1) is 24.1 Å². The van der Waals surface area contributed by atoms with Crippen LogP contribution in [0.3, 0.4) is 0 Å². The minimum Gasteiger partial charge on any atom is -0.366 e. The number of rotatable bonds is 8. The Labute approximate surface area is 173 Å². The third-order valence-corrected chi connectivity index (χ3v) is 5.36. The van der Waals surface area contributed by atoms with E-state index in [0.29, 0.717) is 68.8 Å². The molecule has 9 nitrogen and oxygen atoms in total. The number of nitrogens with one attached hydrogen (secondary N) is 2. The van der Waals surface area contributed by atoms with Crippen molar-refractivity contribution in [3.63, 3.8) is 0 Å². The number of morpholine rings is 1. The molecular formula is C21H24N6O3. The lowest BCUT2D eigenvalue weighted by molar-refractivity contribution is -0.138.